The fourth-order valence-electron chi connectivity index (χ4n) is 2.71. The third-order valence-electron chi connectivity index (χ3n) is 4.00. The lowest BCUT2D eigenvalue weighted by Crippen LogP contribution is -2.34. The maximum Gasteiger partial charge on any atom is 0.0865 e. The van der Waals surface area contributed by atoms with Crippen LogP contribution in [0.2, 0.25) is 0 Å². The Kier molecular flexibility index (Phi) is 7.96. The maximum absolute atomic E-state index is 9.81. The first-order valence-electron chi connectivity index (χ1n) is 8.68. The minimum absolute atomic E-state index is 0.0384. The Bertz CT molecular complexity index is 554. The molecule has 0 heterocycles. The first-order valence-corrected chi connectivity index (χ1v) is 8.68. The van der Waals surface area contributed by atoms with Gasteiger partial charge in [0.05, 0.1) is 31.5 Å². The molecule has 2 aromatic rings. The smallest absolute Gasteiger partial charge is 0.0865 e. The summed E-state index contributed by atoms with van der Waals surface area (Å²) < 4.78 is 12.2. The van der Waals surface area contributed by atoms with E-state index in [0.29, 0.717) is 19.6 Å². The molecule has 0 amide bonds. The molecule has 0 fully saturated rings. The molecule has 1 unspecified atom stereocenters. The van der Waals surface area contributed by atoms with Crippen molar-refractivity contribution in [3.8, 4) is 0 Å². The molecular formula is C21H28O3. The summed E-state index contributed by atoms with van der Waals surface area (Å²) in [5.74, 6) is 0. The molecule has 3 atom stereocenters. The molecule has 0 aliphatic rings. The van der Waals surface area contributed by atoms with Gasteiger partial charge in [0.25, 0.3) is 0 Å². The monoisotopic (exact) mass is 328 g/mol. The zero-order valence-electron chi connectivity index (χ0n) is 14.6. The lowest BCUT2D eigenvalue weighted by molar-refractivity contribution is -0.100. The summed E-state index contributed by atoms with van der Waals surface area (Å²) in [5.41, 5.74) is 2.28. The molecule has 2 rings (SSSR count). The van der Waals surface area contributed by atoms with Gasteiger partial charge in [-0.15, -0.1) is 0 Å². The van der Waals surface area contributed by atoms with Gasteiger partial charge in [-0.3, -0.25) is 0 Å². The number of hydrogen-bond donors (Lipinski definition) is 1. The third-order valence-corrected chi connectivity index (χ3v) is 4.00. The lowest BCUT2D eigenvalue weighted by Gasteiger charge is -2.28. The summed E-state index contributed by atoms with van der Waals surface area (Å²) in [7, 11) is 0. The van der Waals surface area contributed by atoms with E-state index in [1.165, 1.54) is 0 Å². The zero-order chi connectivity index (χ0) is 17.2. The van der Waals surface area contributed by atoms with Crippen molar-refractivity contribution >= 4 is 0 Å². The second-order valence-corrected chi connectivity index (χ2v) is 6.16. The quantitative estimate of drug-likeness (QED) is 0.705. The van der Waals surface area contributed by atoms with E-state index in [-0.39, 0.29) is 12.2 Å². The lowest BCUT2D eigenvalue weighted by atomic mass is 10.0. The molecule has 0 bridgehead atoms. The van der Waals surface area contributed by atoms with Gasteiger partial charge in [0, 0.05) is 6.42 Å². The highest BCUT2D eigenvalue weighted by molar-refractivity contribution is 5.14. The van der Waals surface area contributed by atoms with Crippen molar-refractivity contribution in [1.82, 2.24) is 0 Å². The highest BCUT2D eigenvalue weighted by Gasteiger charge is 2.23. The topological polar surface area (TPSA) is 38.7 Å². The van der Waals surface area contributed by atoms with Gasteiger partial charge in [-0.25, -0.2) is 0 Å². The van der Waals surface area contributed by atoms with Crippen molar-refractivity contribution in [2.45, 2.75) is 58.2 Å². The number of aliphatic hydroxyl groups excluding tert-OH is 1. The van der Waals surface area contributed by atoms with E-state index in [2.05, 4.69) is 19.1 Å². The first kappa shape index (κ1) is 18.7. The predicted molar refractivity (Wildman–Crippen MR) is 96.6 cm³/mol. The van der Waals surface area contributed by atoms with Gasteiger partial charge in [-0.1, -0.05) is 67.6 Å². The van der Waals surface area contributed by atoms with E-state index in [9.17, 15) is 5.11 Å². The first-order chi connectivity index (χ1) is 11.7. The molecule has 0 saturated carbocycles. The second-order valence-electron chi connectivity index (χ2n) is 6.16. The highest BCUT2D eigenvalue weighted by Crippen LogP contribution is 2.18. The molecular weight excluding hydrogens is 300 g/mol. The van der Waals surface area contributed by atoms with Crippen molar-refractivity contribution in [2.75, 3.05) is 0 Å². The molecule has 2 aromatic carbocycles. The van der Waals surface area contributed by atoms with Gasteiger partial charge in [-0.2, -0.15) is 0 Å². The van der Waals surface area contributed by atoms with Gasteiger partial charge in [-0.05, 0) is 24.5 Å². The van der Waals surface area contributed by atoms with Crippen LogP contribution in [0.1, 0.15) is 37.8 Å². The average Bonchev–Trinajstić information content (AvgIpc) is 2.61. The summed E-state index contributed by atoms with van der Waals surface area (Å²) in [6.45, 7) is 4.98. The van der Waals surface area contributed by atoms with Crippen molar-refractivity contribution in [3.05, 3.63) is 71.8 Å². The Hall–Kier alpha value is -1.68. The fourth-order valence-corrected chi connectivity index (χ4v) is 2.71. The van der Waals surface area contributed by atoms with Crippen LogP contribution in [0.3, 0.4) is 0 Å². The van der Waals surface area contributed by atoms with Crippen molar-refractivity contribution < 1.29 is 14.6 Å². The molecule has 0 spiro atoms. The Morgan fingerprint density at radius 2 is 1.25 bits per heavy atom. The molecule has 3 nitrogen and oxygen atoms in total. The minimum Gasteiger partial charge on any atom is -0.393 e. The van der Waals surface area contributed by atoms with E-state index >= 15 is 0 Å². The molecule has 0 aliphatic heterocycles. The van der Waals surface area contributed by atoms with Gasteiger partial charge in [0.1, 0.15) is 0 Å². The van der Waals surface area contributed by atoms with Crippen LogP contribution < -0.4 is 0 Å². The van der Waals surface area contributed by atoms with Crippen molar-refractivity contribution in [2.24, 2.45) is 0 Å². The standard InChI is InChI=1S/C21H28O3/c1-3-20(23-15-18-10-6-4-7-11-18)21(14-17(2)22)24-16-19-12-8-5-9-13-19/h4-13,17,20-22H,3,14-16H2,1-2H3/t17?,20-,21+/m0/s1. The normalized spacial score (nSPS) is 15.0. The second kappa shape index (κ2) is 10.2. The van der Waals surface area contributed by atoms with E-state index in [1.807, 2.05) is 48.5 Å². The van der Waals surface area contributed by atoms with Crippen molar-refractivity contribution in [3.63, 3.8) is 0 Å². The number of rotatable bonds is 10. The summed E-state index contributed by atoms with van der Waals surface area (Å²) in [6.07, 6.45) is 0.835. The van der Waals surface area contributed by atoms with Crippen molar-refractivity contribution in [1.29, 1.82) is 0 Å². The Labute approximate surface area is 145 Å². The van der Waals surface area contributed by atoms with Gasteiger partial charge in [0.2, 0.25) is 0 Å². The van der Waals surface area contributed by atoms with Gasteiger partial charge < -0.3 is 14.6 Å². The predicted octanol–water partition coefficient (Wildman–Crippen LogP) is 4.34. The Morgan fingerprint density at radius 3 is 1.67 bits per heavy atom. The van der Waals surface area contributed by atoms with E-state index in [4.69, 9.17) is 9.47 Å². The van der Waals surface area contributed by atoms with E-state index < -0.39 is 6.10 Å². The summed E-state index contributed by atoms with van der Waals surface area (Å²) in [6, 6.07) is 20.2. The van der Waals surface area contributed by atoms with Crippen LogP contribution in [-0.2, 0) is 22.7 Å². The average molecular weight is 328 g/mol. The van der Waals surface area contributed by atoms with Crippen LogP contribution >= 0.6 is 0 Å². The molecule has 24 heavy (non-hydrogen) atoms. The number of aliphatic hydroxyl groups is 1. The molecule has 0 radical (unpaired) electrons. The SMILES string of the molecule is CC[C@H](OCc1ccccc1)[C@@H](CC(C)O)OCc1ccccc1. The molecule has 3 heteroatoms. The van der Waals surface area contributed by atoms with E-state index in [1.54, 1.807) is 6.92 Å². The molecule has 0 aliphatic carbocycles. The third kappa shape index (κ3) is 6.44. The maximum atomic E-state index is 9.81. The van der Waals surface area contributed by atoms with Crippen LogP contribution in [0, 0.1) is 0 Å². The largest absolute Gasteiger partial charge is 0.393 e. The van der Waals surface area contributed by atoms with Gasteiger partial charge in [0.15, 0.2) is 0 Å². The van der Waals surface area contributed by atoms with Crippen LogP contribution in [-0.4, -0.2) is 23.4 Å². The minimum atomic E-state index is -0.417. The summed E-state index contributed by atoms with van der Waals surface area (Å²) >= 11 is 0. The zero-order valence-corrected chi connectivity index (χ0v) is 14.6. The highest BCUT2D eigenvalue weighted by atomic mass is 16.5. The number of hydrogen-bond acceptors (Lipinski definition) is 3. The van der Waals surface area contributed by atoms with Gasteiger partial charge >= 0.3 is 0 Å². The Balaban J connectivity index is 1.95. The number of ether oxygens (including phenoxy) is 2. The molecule has 1 N–H and O–H groups in total. The molecule has 130 valence electrons. The van der Waals surface area contributed by atoms with Crippen LogP contribution in [0.5, 0.6) is 0 Å². The fraction of sp³-hybridized carbons (Fsp3) is 0.429. The number of benzene rings is 2. The summed E-state index contributed by atoms with van der Waals surface area (Å²) in [4.78, 5) is 0. The molecule has 0 saturated heterocycles. The summed E-state index contributed by atoms with van der Waals surface area (Å²) in [5, 5.41) is 9.81. The molecule has 0 aromatic heterocycles. The van der Waals surface area contributed by atoms with Crippen LogP contribution in [0.15, 0.2) is 60.7 Å². The Morgan fingerprint density at radius 1 is 0.792 bits per heavy atom. The van der Waals surface area contributed by atoms with Crippen LogP contribution in [0.4, 0.5) is 0 Å². The van der Waals surface area contributed by atoms with Crippen LogP contribution in [0.25, 0.3) is 0 Å². The van der Waals surface area contributed by atoms with E-state index in [0.717, 1.165) is 17.5 Å².